The number of amides is 4. The third-order valence-corrected chi connectivity index (χ3v) is 5.03. The van der Waals surface area contributed by atoms with Crippen LogP contribution in [0.4, 0.5) is 5.69 Å². The molecule has 7 heteroatoms. The topological polar surface area (TPSA) is 86.8 Å². The summed E-state index contributed by atoms with van der Waals surface area (Å²) in [5.74, 6) is -1.59. The maximum Gasteiger partial charge on any atom is 0.253 e. The fraction of sp³-hybridized carbons (Fsp3) is 0.474. The summed E-state index contributed by atoms with van der Waals surface area (Å²) in [5, 5.41) is 2.67. The summed E-state index contributed by atoms with van der Waals surface area (Å²) >= 11 is 0. The fourth-order valence-electron chi connectivity index (χ4n) is 3.72. The van der Waals surface area contributed by atoms with Gasteiger partial charge in [-0.25, -0.2) is 0 Å². The molecule has 2 unspecified atom stereocenters. The van der Waals surface area contributed by atoms with Crippen LogP contribution in [0.25, 0.3) is 0 Å². The second-order valence-corrected chi connectivity index (χ2v) is 7.09. The monoisotopic (exact) mass is 357 g/mol. The number of carbonyl (C=O) groups is 4. The van der Waals surface area contributed by atoms with Crippen molar-refractivity contribution in [2.45, 2.75) is 25.7 Å². The Morgan fingerprint density at radius 3 is 2.31 bits per heavy atom. The number of imide groups is 1. The highest BCUT2D eigenvalue weighted by atomic mass is 16.2. The van der Waals surface area contributed by atoms with E-state index in [4.69, 9.17) is 0 Å². The Kier molecular flexibility index (Phi) is 5.06. The summed E-state index contributed by atoms with van der Waals surface area (Å²) < 4.78 is 0. The molecule has 1 aliphatic heterocycles. The van der Waals surface area contributed by atoms with E-state index in [1.807, 2.05) is 0 Å². The number of benzene rings is 1. The van der Waals surface area contributed by atoms with Gasteiger partial charge in [0.2, 0.25) is 17.7 Å². The van der Waals surface area contributed by atoms with Crippen molar-refractivity contribution in [3.8, 4) is 0 Å². The Morgan fingerprint density at radius 1 is 1.12 bits per heavy atom. The summed E-state index contributed by atoms with van der Waals surface area (Å²) in [5.41, 5.74) is 0.909. The highest BCUT2D eigenvalue weighted by Gasteiger charge is 2.48. The van der Waals surface area contributed by atoms with Crippen molar-refractivity contribution in [3.05, 3.63) is 29.8 Å². The maximum atomic E-state index is 12.4. The highest BCUT2D eigenvalue weighted by Crippen LogP contribution is 2.37. The van der Waals surface area contributed by atoms with Gasteiger partial charge in [0.05, 0.1) is 11.8 Å². The molecule has 138 valence electrons. The zero-order chi connectivity index (χ0) is 18.8. The minimum Gasteiger partial charge on any atom is -0.345 e. The average molecular weight is 357 g/mol. The molecule has 0 spiro atoms. The van der Waals surface area contributed by atoms with Crippen molar-refractivity contribution in [3.63, 3.8) is 0 Å². The van der Waals surface area contributed by atoms with Crippen LogP contribution in [0.15, 0.2) is 24.3 Å². The van der Waals surface area contributed by atoms with E-state index in [0.29, 0.717) is 11.3 Å². The Balaban J connectivity index is 1.66. The van der Waals surface area contributed by atoms with Crippen molar-refractivity contribution >= 4 is 29.3 Å². The second-order valence-electron chi connectivity index (χ2n) is 7.09. The first-order valence-corrected chi connectivity index (χ1v) is 8.85. The first-order chi connectivity index (χ1) is 12.4. The molecule has 3 rings (SSSR count). The molecule has 2 atom stereocenters. The number of hydrogen-bond donors (Lipinski definition) is 1. The quantitative estimate of drug-likeness (QED) is 0.828. The van der Waals surface area contributed by atoms with E-state index in [1.165, 1.54) is 4.90 Å². The Morgan fingerprint density at radius 2 is 1.73 bits per heavy atom. The molecule has 1 aromatic rings. The van der Waals surface area contributed by atoms with E-state index in [2.05, 4.69) is 5.32 Å². The predicted molar refractivity (Wildman–Crippen MR) is 95.3 cm³/mol. The largest absolute Gasteiger partial charge is 0.345 e. The number of nitrogens with one attached hydrogen (secondary N) is 1. The van der Waals surface area contributed by atoms with Gasteiger partial charge in [0.25, 0.3) is 5.91 Å². The van der Waals surface area contributed by atoms with Crippen LogP contribution in [0, 0.1) is 11.8 Å². The highest BCUT2D eigenvalue weighted by molar-refractivity contribution is 6.08. The Bertz CT molecular complexity index is 735. The van der Waals surface area contributed by atoms with Crippen LogP contribution in [0.1, 0.15) is 36.0 Å². The van der Waals surface area contributed by atoms with E-state index < -0.39 is 5.91 Å². The normalized spacial score (nSPS) is 22.2. The number of hydrogen-bond acceptors (Lipinski definition) is 4. The van der Waals surface area contributed by atoms with Gasteiger partial charge in [-0.3, -0.25) is 24.1 Å². The van der Waals surface area contributed by atoms with Crippen LogP contribution in [-0.4, -0.2) is 54.1 Å². The summed E-state index contributed by atoms with van der Waals surface area (Å²) in [6, 6.07) is 6.58. The lowest BCUT2D eigenvalue weighted by Gasteiger charge is -2.19. The van der Waals surface area contributed by atoms with Crippen LogP contribution >= 0.6 is 0 Å². The van der Waals surface area contributed by atoms with E-state index in [-0.39, 0.29) is 36.1 Å². The van der Waals surface area contributed by atoms with Crippen molar-refractivity contribution in [2.24, 2.45) is 11.8 Å². The fourth-order valence-corrected chi connectivity index (χ4v) is 3.72. The lowest BCUT2D eigenvalue weighted by Crippen LogP contribution is -2.38. The van der Waals surface area contributed by atoms with Gasteiger partial charge >= 0.3 is 0 Å². The molecular formula is C19H23N3O4. The minimum absolute atomic E-state index is 0.171. The Hall–Kier alpha value is -2.70. The molecule has 2 fully saturated rings. The molecule has 1 saturated carbocycles. The van der Waals surface area contributed by atoms with Crippen LogP contribution in [0.5, 0.6) is 0 Å². The van der Waals surface area contributed by atoms with E-state index in [9.17, 15) is 19.2 Å². The molecule has 2 aliphatic rings. The van der Waals surface area contributed by atoms with Crippen molar-refractivity contribution in [2.75, 3.05) is 26.0 Å². The molecule has 26 heavy (non-hydrogen) atoms. The van der Waals surface area contributed by atoms with E-state index in [0.717, 1.165) is 30.6 Å². The molecular weight excluding hydrogens is 334 g/mol. The predicted octanol–water partition coefficient (Wildman–Crippen LogP) is 1.50. The SMILES string of the molecule is CN(C)C(=O)c1cccc(NC(=O)CN2C(=O)C3CCCCC3C2=O)c1. The smallest absolute Gasteiger partial charge is 0.253 e. The molecule has 0 aromatic heterocycles. The molecule has 1 aromatic carbocycles. The lowest BCUT2D eigenvalue weighted by molar-refractivity contribution is -0.142. The lowest BCUT2D eigenvalue weighted by atomic mass is 9.81. The summed E-state index contributed by atoms with van der Waals surface area (Å²) in [7, 11) is 3.30. The molecule has 0 bridgehead atoms. The van der Waals surface area contributed by atoms with Gasteiger partial charge in [0.15, 0.2) is 0 Å². The number of fused-ring (bicyclic) bond motifs is 1. The second kappa shape index (κ2) is 7.27. The zero-order valence-electron chi connectivity index (χ0n) is 15.0. The number of likely N-dealkylation sites (tertiary alicyclic amines) is 1. The summed E-state index contributed by atoms with van der Waals surface area (Å²) in [6.07, 6.45) is 3.35. The standard InChI is InChI=1S/C19H23N3O4/c1-21(2)17(24)12-6-5-7-13(10-12)20-16(23)11-22-18(25)14-8-3-4-9-15(14)19(22)26/h5-7,10,14-15H,3-4,8-9,11H2,1-2H3,(H,20,23). The molecule has 7 nitrogen and oxygen atoms in total. The molecule has 1 heterocycles. The molecule has 0 radical (unpaired) electrons. The van der Waals surface area contributed by atoms with Gasteiger partial charge in [-0.15, -0.1) is 0 Å². The van der Waals surface area contributed by atoms with Gasteiger partial charge in [-0.05, 0) is 31.0 Å². The van der Waals surface area contributed by atoms with E-state index >= 15 is 0 Å². The van der Waals surface area contributed by atoms with Gasteiger partial charge in [0.1, 0.15) is 6.54 Å². The first-order valence-electron chi connectivity index (χ1n) is 8.85. The van der Waals surface area contributed by atoms with Crippen molar-refractivity contribution in [1.29, 1.82) is 0 Å². The number of carbonyl (C=O) groups excluding carboxylic acids is 4. The first kappa shape index (κ1) is 18.1. The van der Waals surface area contributed by atoms with Crippen LogP contribution in [0.3, 0.4) is 0 Å². The van der Waals surface area contributed by atoms with E-state index in [1.54, 1.807) is 38.4 Å². The van der Waals surface area contributed by atoms with Gasteiger partial charge in [0, 0.05) is 25.3 Å². The average Bonchev–Trinajstić information content (AvgIpc) is 2.86. The molecule has 4 amide bonds. The van der Waals surface area contributed by atoms with Gasteiger partial charge in [-0.2, -0.15) is 0 Å². The van der Waals surface area contributed by atoms with Crippen molar-refractivity contribution < 1.29 is 19.2 Å². The third-order valence-electron chi connectivity index (χ3n) is 5.03. The van der Waals surface area contributed by atoms with Gasteiger partial charge in [-0.1, -0.05) is 18.9 Å². The number of anilines is 1. The summed E-state index contributed by atoms with van der Waals surface area (Å²) in [6.45, 7) is -0.281. The zero-order valence-corrected chi connectivity index (χ0v) is 15.0. The number of nitrogens with zero attached hydrogens (tertiary/aromatic N) is 2. The third kappa shape index (κ3) is 3.47. The summed E-state index contributed by atoms with van der Waals surface area (Å²) in [4.78, 5) is 51.7. The maximum absolute atomic E-state index is 12.4. The van der Waals surface area contributed by atoms with Crippen molar-refractivity contribution in [1.82, 2.24) is 9.80 Å². The van der Waals surface area contributed by atoms with Crippen LogP contribution in [0.2, 0.25) is 0 Å². The van der Waals surface area contributed by atoms with Crippen LogP contribution < -0.4 is 5.32 Å². The number of rotatable bonds is 4. The minimum atomic E-state index is -0.445. The van der Waals surface area contributed by atoms with Crippen LogP contribution in [-0.2, 0) is 14.4 Å². The molecule has 1 N–H and O–H groups in total. The molecule has 1 saturated heterocycles. The Labute approximate surface area is 152 Å². The molecule has 1 aliphatic carbocycles. The van der Waals surface area contributed by atoms with Gasteiger partial charge < -0.3 is 10.2 Å².